The summed E-state index contributed by atoms with van der Waals surface area (Å²) in [6.45, 7) is 0. The van der Waals surface area contributed by atoms with Crippen molar-refractivity contribution < 1.29 is 0 Å². The molecule has 0 saturated carbocycles. The van der Waals surface area contributed by atoms with Gasteiger partial charge in [-0.05, 0) is 133 Å². The van der Waals surface area contributed by atoms with E-state index in [2.05, 4.69) is 193 Å². The first-order chi connectivity index (χ1) is 27.3. The van der Waals surface area contributed by atoms with E-state index >= 15 is 0 Å². The molecule has 0 unspecified atom stereocenters. The number of para-hydroxylation sites is 2. The fourth-order valence-electron chi connectivity index (χ4n) is 10.2. The molecule has 1 heteroatoms. The van der Waals surface area contributed by atoms with Gasteiger partial charge in [-0.1, -0.05) is 152 Å². The Hall–Kier alpha value is -7.22. The standard InChI is InChI=1S/C54H31N/c1-3-13-32(14-4-1)49-45-29-34-17-7-8-18-35(34)30-46(45)50(33-15-5-2-6-16-33)54-43-28-26-41-44-31-36(23-24-37(44)40-25-27-42(53(49)54)52(43)51(40)41)55-47-21-11-9-19-38(47)39-20-10-12-22-48(39)55/h1-31H. The molecule has 0 aliphatic heterocycles. The Morgan fingerprint density at radius 3 is 1.29 bits per heavy atom. The third-order valence-corrected chi connectivity index (χ3v) is 12.4. The number of nitrogens with zero attached hydrogens (tertiary/aromatic N) is 1. The van der Waals surface area contributed by atoms with Crippen LogP contribution in [-0.4, -0.2) is 4.57 Å². The molecule has 2 aliphatic rings. The van der Waals surface area contributed by atoms with Gasteiger partial charge in [0.1, 0.15) is 0 Å². The zero-order chi connectivity index (χ0) is 35.8. The van der Waals surface area contributed by atoms with Crippen molar-refractivity contribution in [2.24, 2.45) is 0 Å². The van der Waals surface area contributed by atoms with Crippen LogP contribution >= 0.6 is 0 Å². The molecular weight excluding hydrogens is 663 g/mol. The van der Waals surface area contributed by atoms with E-state index < -0.39 is 0 Å². The Kier molecular flexibility index (Phi) is 5.69. The van der Waals surface area contributed by atoms with Crippen LogP contribution in [0.2, 0.25) is 0 Å². The second kappa shape index (κ2) is 10.7. The Morgan fingerprint density at radius 1 is 0.291 bits per heavy atom. The minimum Gasteiger partial charge on any atom is -0.309 e. The molecule has 0 bridgehead atoms. The Morgan fingerprint density at radius 2 is 0.727 bits per heavy atom. The maximum Gasteiger partial charge on any atom is 0.0541 e. The Labute approximate surface area is 315 Å². The quantitative estimate of drug-likeness (QED) is 0.162. The van der Waals surface area contributed by atoms with Crippen molar-refractivity contribution in [1.82, 2.24) is 4.57 Å². The zero-order valence-corrected chi connectivity index (χ0v) is 29.8. The monoisotopic (exact) mass is 693 g/mol. The van der Waals surface area contributed by atoms with Gasteiger partial charge >= 0.3 is 0 Å². The smallest absolute Gasteiger partial charge is 0.0541 e. The lowest BCUT2D eigenvalue weighted by molar-refractivity contribution is 1.17. The molecule has 55 heavy (non-hydrogen) atoms. The lowest BCUT2D eigenvalue weighted by Crippen LogP contribution is -1.94. The van der Waals surface area contributed by atoms with Crippen molar-refractivity contribution in [3.8, 4) is 27.9 Å². The third-order valence-electron chi connectivity index (χ3n) is 12.4. The van der Waals surface area contributed by atoms with Gasteiger partial charge in [-0.3, -0.25) is 0 Å². The Balaban J connectivity index is 1.25. The van der Waals surface area contributed by atoms with E-state index in [4.69, 9.17) is 0 Å². The largest absolute Gasteiger partial charge is 0.309 e. The molecule has 0 radical (unpaired) electrons. The highest BCUT2D eigenvalue weighted by Gasteiger charge is 2.22. The van der Waals surface area contributed by atoms with Gasteiger partial charge in [-0.15, -0.1) is 0 Å². The van der Waals surface area contributed by atoms with Gasteiger partial charge < -0.3 is 4.57 Å². The van der Waals surface area contributed by atoms with Crippen LogP contribution in [0.3, 0.4) is 0 Å². The van der Waals surface area contributed by atoms with Crippen LogP contribution in [0.15, 0.2) is 188 Å². The number of benzene rings is 10. The highest BCUT2D eigenvalue weighted by atomic mass is 15.0. The second-order valence-electron chi connectivity index (χ2n) is 15.1. The summed E-state index contributed by atoms with van der Waals surface area (Å²) in [4.78, 5) is 0. The summed E-state index contributed by atoms with van der Waals surface area (Å²) in [6, 6.07) is 70.1. The number of aromatic nitrogens is 1. The van der Waals surface area contributed by atoms with Crippen LogP contribution in [0.25, 0.3) is 82.1 Å². The van der Waals surface area contributed by atoms with Gasteiger partial charge in [0.25, 0.3) is 0 Å². The van der Waals surface area contributed by atoms with Crippen LogP contribution in [0.1, 0.15) is 0 Å². The highest BCUT2D eigenvalue weighted by Crippen LogP contribution is 2.44. The molecular formula is C54H31N. The normalized spacial score (nSPS) is 12.4. The van der Waals surface area contributed by atoms with Crippen LogP contribution in [0.5, 0.6) is 0 Å². The summed E-state index contributed by atoms with van der Waals surface area (Å²) in [7, 11) is 0. The van der Waals surface area contributed by atoms with Gasteiger partial charge in [0.2, 0.25) is 0 Å². The van der Waals surface area contributed by atoms with Crippen molar-refractivity contribution in [1.29, 1.82) is 0 Å². The van der Waals surface area contributed by atoms with Crippen LogP contribution in [0.4, 0.5) is 0 Å². The predicted octanol–water partition coefficient (Wildman–Crippen LogP) is 13.4. The molecule has 10 aromatic carbocycles. The predicted molar refractivity (Wildman–Crippen MR) is 228 cm³/mol. The molecule has 13 rings (SSSR count). The summed E-state index contributed by atoms with van der Waals surface area (Å²) in [5, 5.41) is 21.0. The summed E-state index contributed by atoms with van der Waals surface area (Å²) < 4.78 is 2.44. The minimum atomic E-state index is 1.19. The number of hydrogen-bond donors (Lipinski definition) is 0. The number of fused-ring (bicyclic) bond motifs is 7. The maximum atomic E-state index is 2.44. The minimum absolute atomic E-state index is 1.19. The molecule has 11 aromatic rings. The summed E-state index contributed by atoms with van der Waals surface area (Å²) in [5.74, 6) is 0. The molecule has 252 valence electrons. The van der Waals surface area contributed by atoms with Crippen molar-refractivity contribution in [3.63, 3.8) is 0 Å². The Bertz CT molecular complexity index is 3750. The molecule has 0 spiro atoms. The molecule has 0 amide bonds. The second-order valence-corrected chi connectivity index (χ2v) is 15.1. The van der Waals surface area contributed by atoms with Gasteiger partial charge in [-0.2, -0.15) is 0 Å². The van der Waals surface area contributed by atoms with Crippen LogP contribution in [0, 0.1) is 41.7 Å². The number of rotatable bonds is 3. The average Bonchev–Trinajstić information content (AvgIpc) is 3.88. The SMILES string of the molecule is c1ccc(-c2c3c(c(-c4ccccc4)c4cc5ccccc5cc24)=c2ccc4c5c(ccc=3c25)=c2ccc(-n3c5ccccc5c5ccccc53)cc2=4)cc1. The molecule has 0 saturated heterocycles. The average molecular weight is 694 g/mol. The zero-order valence-electron chi connectivity index (χ0n) is 29.8. The van der Waals surface area contributed by atoms with E-state index in [1.165, 1.54) is 124 Å². The molecule has 0 fully saturated rings. The molecule has 1 nitrogen and oxygen atoms in total. The first kappa shape index (κ1) is 29.3. The van der Waals surface area contributed by atoms with Gasteiger partial charge in [-0.25, -0.2) is 0 Å². The van der Waals surface area contributed by atoms with Crippen LogP contribution < -0.4 is 0 Å². The van der Waals surface area contributed by atoms with E-state index in [1.54, 1.807) is 0 Å². The van der Waals surface area contributed by atoms with Gasteiger partial charge in [0, 0.05) is 16.5 Å². The fourth-order valence-corrected chi connectivity index (χ4v) is 10.2. The van der Waals surface area contributed by atoms with Crippen molar-refractivity contribution in [3.05, 3.63) is 230 Å². The van der Waals surface area contributed by atoms with E-state index in [0.717, 1.165) is 0 Å². The van der Waals surface area contributed by atoms with E-state index in [1.807, 2.05) is 0 Å². The lowest BCUT2D eigenvalue weighted by Gasteiger charge is -2.16. The fraction of sp³-hybridized carbons (Fsp3) is 0. The van der Waals surface area contributed by atoms with Crippen molar-refractivity contribution >= 4 is 54.1 Å². The topological polar surface area (TPSA) is 4.93 Å². The molecule has 0 atom stereocenters. The lowest BCUT2D eigenvalue weighted by atomic mass is 9.87. The van der Waals surface area contributed by atoms with E-state index in [-0.39, 0.29) is 0 Å². The third kappa shape index (κ3) is 3.82. The summed E-state index contributed by atoms with van der Waals surface area (Å²) in [6.07, 6.45) is 0. The van der Waals surface area contributed by atoms with Crippen molar-refractivity contribution in [2.45, 2.75) is 0 Å². The summed E-state index contributed by atoms with van der Waals surface area (Å²) >= 11 is 0. The molecule has 2 aliphatic carbocycles. The first-order valence-corrected chi connectivity index (χ1v) is 19.2. The van der Waals surface area contributed by atoms with E-state index in [0.29, 0.717) is 0 Å². The molecule has 1 heterocycles. The van der Waals surface area contributed by atoms with Gasteiger partial charge in [0.05, 0.1) is 11.0 Å². The van der Waals surface area contributed by atoms with Crippen molar-refractivity contribution in [2.75, 3.05) is 0 Å². The van der Waals surface area contributed by atoms with Crippen LogP contribution in [-0.2, 0) is 0 Å². The maximum absolute atomic E-state index is 2.44. The highest BCUT2D eigenvalue weighted by molar-refractivity contribution is 6.12. The van der Waals surface area contributed by atoms with Gasteiger partial charge in [0.15, 0.2) is 0 Å². The van der Waals surface area contributed by atoms with E-state index in [9.17, 15) is 0 Å². The summed E-state index contributed by atoms with van der Waals surface area (Å²) in [5.41, 5.74) is 8.78. The first-order valence-electron chi connectivity index (χ1n) is 19.2. The number of hydrogen-bond acceptors (Lipinski definition) is 0. The molecule has 0 N–H and O–H groups in total. The molecule has 1 aromatic heterocycles.